The van der Waals surface area contributed by atoms with Crippen molar-refractivity contribution in [3.63, 3.8) is 0 Å². The molecule has 25 heavy (non-hydrogen) atoms. The fourth-order valence-electron chi connectivity index (χ4n) is 3.71. The maximum atomic E-state index is 9.85. The minimum absolute atomic E-state index is 0.244. The van der Waals surface area contributed by atoms with Gasteiger partial charge >= 0.3 is 0 Å². The molecular weight excluding hydrogens is 312 g/mol. The van der Waals surface area contributed by atoms with Crippen molar-refractivity contribution in [2.75, 3.05) is 6.61 Å². The van der Waals surface area contributed by atoms with Gasteiger partial charge in [0.15, 0.2) is 0 Å². The molecule has 0 fully saturated rings. The lowest BCUT2D eigenvalue weighted by molar-refractivity contribution is 0.283. The Bertz CT molecular complexity index is 744. The molecule has 3 N–H and O–H groups in total. The van der Waals surface area contributed by atoms with E-state index in [4.69, 9.17) is 5.11 Å². The molecule has 3 heteroatoms. The summed E-state index contributed by atoms with van der Waals surface area (Å²) in [5.41, 5.74) is 6.30. The number of unbranched alkanes of at least 4 members (excludes halogenated alkanes) is 2. The summed E-state index contributed by atoms with van der Waals surface area (Å²) in [5.74, 6) is 0.610. The first-order chi connectivity index (χ1) is 12.2. The van der Waals surface area contributed by atoms with Crippen LogP contribution in [0.1, 0.15) is 55.2 Å². The van der Waals surface area contributed by atoms with Crippen molar-refractivity contribution in [2.24, 2.45) is 0 Å². The minimum atomic E-state index is 0.244. The maximum absolute atomic E-state index is 9.85. The molecule has 0 atom stereocenters. The highest BCUT2D eigenvalue weighted by atomic mass is 16.3. The molecule has 0 unspecified atom stereocenters. The normalized spacial score (nSPS) is 14.3. The summed E-state index contributed by atoms with van der Waals surface area (Å²) in [6.45, 7) is 0.244. The standard InChI is InChI=1S/C22H26O3/c23-14-3-1-2-6-22-20(16-8-10-18(24)11-9-16)7-4-5-17-15-19(25)12-13-21(17)22/h8-13,15,23-25H,1-7,14H2. The number of aliphatic hydroxyl groups is 1. The molecule has 2 aromatic carbocycles. The highest BCUT2D eigenvalue weighted by Crippen LogP contribution is 2.39. The summed E-state index contributed by atoms with van der Waals surface area (Å²) >= 11 is 0. The zero-order valence-electron chi connectivity index (χ0n) is 14.5. The van der Waals surface area contributed by atoms with E-state index in [1.807, 2.05) is 24.3 Å². The van der Waals surface area contributed by atoms with Gasteiger partial charge in [0.05, 0.1) is 0 Å². The monoisotopic (exact) mass is 338 g/mol. The molecule has 0 radical (unpaired) electrons. The Morgan fingerprint density at radius 2 is 1.56 bits per heavy atom. The van der Waals surface area contributed by atoms with E-state index in [2.05, 4.69) is 0 Å². The molecule has 0 aromatic heterocycles. The van der Waals surface area contributed by atoms with Crippen LogP contribution in [0.4, 0.5) is 0 Å². The van der Waals surface area contributed by atoms with Crippen LogP contribution in [-0.2, 0) is 6.42 Å². The fourth-order valence-corrected chi connectivity index (χ4v) is 3.71. The van der Waals surface area contributed by atoms with Crippen LogP contribution in [0.15, 0.2) is 42.5 Å². The number of benzene rings is 2. The number of aromatic hydroxyl groups is 2. The van der Waals surface area contributed by atoms with Crippen LogP contribution >= 0.6 is 0 Å². The van der Waals surface area contributed by atoms with Crippen LogP contribution in [-0.4, -0.2) is 21.9 Å². The molecule has 0 aliphatic heterocycles. The molecule has 132 valence electrons. The first-order valence-corrected chi connectivity index (χ1v) is 9.13. The van der Waals surface area contributed by atoms with Gasteiger partial charge in [-0.05, 0) is 90.6 Å². The molecule has 0 saturated heterocycles. The van der Waals surface area contributed by atoms with Crippen LogP contribution in [0.5, 0.6) is 11.5 Å². The van der Waals surface area contributed by atoms with Gasteiger partial charge in [-0.1, -0.05) is 24.6 Å². The maximum Gasteiger partial charge on any atom is 0.115 e. The number of hydrogen-bond acceptors (Lipinski definition) is 3. The Kier molecular flexibility index (Phi) is 5.77. The second-order valence-electron chi connectivity index (χ2n) is 6.73. The zero-order valence-corrected chi connectivity index (χ0v) is 14.5. The zero-order chi connectivity index (χ0) is 17.6. The fraction of sp³-hybridized carbons (Fsp3) is 0.364. The summed E-state index contributed by atoms with van der Waals surface area (Å²) in [6.07, 6.45) is 6.86. The van der Waals surface area contributed by atoms with Gasteiger partial charge in [0, 0.05) is 6.61 Å². The van der Waals surface area contributed by atoms with E-state index in [9.17, 15) is 10.2 Å². The second kappa shape index (κ2) is 8.21. The third-order valence-corrected chi connectivity index (χ3v) is 4.95. The largest absolute Gasteiger partial charge is 0.508 e. The topological polar surface area (TPSA) is 60.7 Å². The Morgan fingerprint density at radius 1 is 0.800 bits per heavy atom. The van der Waals surface area contributed by atoms with E-state index in [0.717, 1.165) is 50.5 Å². The second-order valence-corrected chi connectivity index (χ2v) is 6.73. The number of phenols is 2. The van der Waals surface area contributed by atoms with Gasteiger partial charge in [-0.2, -0.15) is 0 Å². The minimum Gasteiger partial charge on any atom is -0.508 e. The van der Waals surface area contributed by atoms with Crippen LogP contribution in [0.2, 0.25) is 0 Å². The van der Waals surface area contributed by atoms with E-state index in [1.165, 1.54) is 22.3 Å². The van der Waals surface area contributed by atoms with Gasteiger partial charge in [-0.3, -0.25) is 0 Å². The van der Waals surface area contributed by atoms with Gasteiger partial charge in [0.2, 0.25) is 0 Å². The number of fused-ring (bicyclic) bond motifs is 1. The van der Waals surface area contributed by atoms with E-state index < -0.39 is 0 Å². The average molecular weight is 338 g/mol. The highest BCUT2D eigenvalue weighted by molar-refractivity contribution is 5.92. The lowest BCUT2D eigenvalue weighted by Crippen LogP contribution is -1.95. The smallest absolute Gasteiger partial charge is 0.115 e. The molecule has 3 rings (SSSR count). The first kappa shape index (κ1) is 17.6. The lowest BCUT2D eigenvalue weighted by atomic mass is 9.89. The molecule has 0 amide bonds. The van der Waals surface area contributed by atoms with E-state index >= 15 is 0 Å². The molecule has 1 aliphatic carbocycles. The predicted molar refractivity (Wildman–Crippen MR) is 102 cm³/mol. The number of phenolic OH excluding ortho intramolecular Hbond substituents is 2. The van der Waals surface area contributed by atoms with Crippen LogP contribution in [0, 0.1) is 0 Å². The molecule has 1 aliphatic rings. The van der Waals surface area contributed by atoms with Crippen LogP contribution < -0.4 is 0 Å². The average Bonchev–Trinajstić information content (AvgIpc) is 2.78. The molecule has 0 heterocycles. The van der Waals surface area contributed by atoms with Gasteiger partial charge in [-0.25, -0.2) is 0 Å². The van der Waals surface area contributed by atoms with Crippen molar-refractivity contribution >= 4 is 11.1 Å². The van der Waals surface area contributed by atoms with Crippen LogP contribution in [0.25, 0.3) is 11.1 Å². The number of allylic oxidation sites excluding steroid dienone is 2. The highest BCUT2D eigenvalue weighted by Gasteiger charge is 2.18. The van der Waals surface area contributed by atoms with Crippen molar-refractivity contribution in [2.45, 2.75) is 44.9 Å². The van der Waals surface area contributed by atoms with Crippen molar-refractivity contribution in [1.82, 2.24) is 0 Å². The molecule has 0 spiro atoms. The Morgan fingerprint density at radius 3 is 2.32 bits per heavy atom. The summed E-state index contributed by atoms with van der Waals surface area (Å²) in [5, 5.41) is 28.5. The summed E-state index contributed by atoms with van der Waals surface area (Å²) in [6, 6.07) is 13.2. The third-order valence-electron chi connectivity index (χ3n) is 4.95. The van der Waals surface area contributed by atoms with Crippen LogP contribution in [0.3, 0.4) is 0 Å². The SMILES string of the molecule is OCCCCCC1=C(c2ccc(O)cc2)CCCc2cc(O)ccc21. The van der Waals surface area contributed by atoms with E-state index in [-0.39, 0.29) is 12.4 Å². The lowest BCUT2D eigenvalue weighted by Gasteiger charge is -2.16. The molecular formula is C22H26O3. The number of rotatable bonds is 6. The van der Waals surface area contributed by atoms with Gasteiger partial charge in [-0.15, -0.1) is 0 Å². The van der Waals surface area contributed by atoms with Gasteiger partial charge in [0.1, 0.15) is 11.5 Å². The number of hydrogen-bond donors (Lipinski definition) is 3. The molecule has 0 saturated carbocycles. The molecule has 0 bridgehead atoms. The Balaban J connectivity index is 2.02. The van der Waals surface area contributed by atoms with Crippen molar-refractivity contribution in [1.29, 1.82) is 0 Å². The summed E-state index contributed by atoms with van der Waals surface area (Å²) in [7, 11) is 0. The Hall–Kier alpha value is -2.26. The van der Waals surface area contributed by atoms with Gasteiger partial charge < -0.3 is 15.3 Å². The van der Waals surface area contributed by atoms with Crippen molar-refractivity contribution in [3.8, 4) is 11.5 Å². The molecule has 3 nitrogen and oxygen atoms in total. The quantitative estimate of drug-likeness (QED) is 0.657. The summed E-state index contributed by atoms with van der Waals surface area (Å²) in [4.78, 5) is 0. The summed E-state index contributed by atoms with van der Waals surface area (Å²) < 4.78 is 0. The third kappa shape index (κ3) is 4.23. The predicted octanol–water partition coefficient (Wildman–Crippen LogP) is 4.90. The van der Waals surface area contributed by atoms with Gasteiger partial charge in [0.25, 0.3) is 0 Å². The number of aryl methyl sites for hydroxylation is 1. The Labute approximate surface area is 149 Å². The van der Waals surface area contributed by atoms with Crippen molar-refractivity contribution in [3.05, 3.63) is 59.2 Å². The van der Waals surface area contributed by atoms with E-state index in [0.29, 0.717) is 5.75 Å². The van der Waals surface area contributed by atoms with Crippen molar-refractivity contribution < 1.29 is 15.3 Å². The van der Waals surface area contributed by atoms with E-state index in [1.54, 1.807) is 18.2 Å². The first-order valence-electron chi connectivity index (χ1n) is 9.13. The number of aliphatic hydroxyl groups excluding tert-OH is 1. The molecule has 2 aromatic rings.